The van der Waals surface area contributed by atoms with Crippen molar-refractivity contribution in [3.63, 3.8) is 0 Å². The third kappa shape index (κ3) is 2.58. The van der Waals surface area contributed by atoms with Crippen LogP contribution in [0.3, 0.4) is 0 Å². The average Bonchev–Trinajstić information content (AvgIpc) is 2.50. The molecule has 4 heteroatoms. The van der Waals surface area contributed by atoms with Gasteiger partial charge in [0.15, 0.2) is 0 Å². The first-order valence-electron chi connectivity index (χ1n) is 4.89. The molecule has 1 rings (SSSR count). The van der Waals surface area contributed by atoms with E-state index in [2.05, 4.69) is 0 Å². The highest BCUT2D eigenvalue weighted by Crippen LogP contribution is 2.23. The van der Waals surface area contributed by atoms with E-state index in [1.807, 2.05) is 6.08 Å². The quantitative estimate of drug-likeness (QED) is 0.528. The molecule has 0 amide bonds. The van der Waals surface area contributed by atoms with Crippen LogP contribution in [0.1, 0.15) is 34.1 Å². The summed E-state index contributed by atoms with van der Waals surface area (Å²) in [6.07, 6.45) is 1.82. The number of ketones is 1. The second-order valence-corrected chi connectivity index (χ2v) is 4.18. The minimum atomic E-state index is -1.10. The van der Waals surface area contributed by atoms with Gasteiger partial charge < -0.3 is 9.47 Å². The smallest absolute Gasteiger partial charge is 0.322 e. The Kier molecular flexibility index (Phi) is 3.17. The molecule has 0 aromatic carbocycles. The molecule has 84 valence electrons. The Hall–Kier alpha value is -1.32. The van der Waals surface area contributed by atoms with Crippen molar-refractivity contribution in [2.75, 3.05) is 0 Å². The van der Waals surface area contributed by atoms with Gasteiger partial charge in [0.05, 0.1) is 5.76 Å². The minimum absolute atomic E-state index is 0.213. The van der Waals surface area contributed by atoms with Gasteiger partial charge in [-0.25, -0.2) is 0 Å². The van der Waals surface area contributed by atoms with E-state index in [9.17, 15) is 9.59 Å². The van der Waals surface area contributed by atoms with Gasteiger partial charge in [0.2, 0.25) is 6.29 Å². The van der Waals surface area contributed by atoms with E-state index >= 15 is 0 Å². The normalized spacial score (nSPS) is 20.5. The number of hydrogen-bond acceptors (Lipinski definition) is 4. The lowest BCUT2D eigenvalue weighted by molar-refractivity contribution is -0.178. The van der Waals surface area contributed by atoms with Crippen molar-refractivity contribution in [1.29, 1.82) is 0 Å². The van der Waals surface area contributed by atoms with Crippen LogP contribution < -0.4 is 0 Å². The van der Waals surface area contributed by atoms with Gasteiger partial charge in [0, 0.05) is 6.42 Å². The van der Waals surface area contributed by atoms with Gasteiger partial charge in [0.25, 0.3) is 0 Å². The summed E-state index contributed by atoms with van der Waals surface area (Å²) in [7, 11) is 0. The summed E-state index contributed by atoms with van der Waals surface area (Å²) >= 11 is 0. The van der Waals surface area contributed by atoms with Crippen molar-refractivity contribution >= 4 is 11.8 Å². The van der Waals surface area contributed by atoms with Crippen molar-refractivity contribution in [3.05, 3.63) is 11.8 Å². The first kappa shape index (κ1) is 11.8. The number of rotatable bonds is 3. The van der Waals surface area contributed by atoms with Gasteiger partial charge in [-0.05, 0) is 33.8 Å². The van der Waals surface area contributed by atoms with Gasteiger partial charge in [0.1, 0.15) is 11.2 Å². The Labute approximate surface area is 89.2 Å². The molecule has 4 nitrogen and oxygen atoms in total. The number of esters is 1. The highest BCUT2D eigenvalue weighted by Gasteiger charge is 2.36. The zero-order valence-electron chi connectivity index (χ0n) is 9.49. The van der Waals surface area contributed by atoms with Crippen molar-refractivity contribution in [1.82, 2.24) is 0 Å². The van der Waals surface area contributed by atoms with E-state index in [0.29, 0.717) is 6.42 Å². The highest BCUT2D eigenvalue weighted by atomic mass is 16.7. The summed E-state index contributed by atoms with van der Waals surface area (Å²) in [5.74, 6) is -0.00768. The second kappa shape index (κ2) is 4.04. The molecule has 0 N–H and O–H groups in total. The van der Waals surface area contributed by atoms with Crippen LogP contribution in [-0.4, -0.2) is 18.0 Å². The van der Waals surface area contributed by atoms with Gasteiger partial charge >= 0.3 is 5.97 Å². The van der Waals surface area contributed by atoms with E-state index in [1.54, 1.807) is 20.8 Å². The molecule has 0 spiro atoms. The predicted molar refractivity (Wildman–Crippen MR) is 53.8 cm³/mol. The molecule has 1 aliphatic heterocycles. The van der Waals surface area contributed by atoms with Gasteiger partial charge in [-0.2, -0.15) is 0 Å². The SMILES string of the molecule is CC(=O)C(C)(C)C(=O)OC1CC=C(C)O1. The van der Waals surface area contributed by atoms with Crippen LogP contribution in [-0.2, 0) is 19.1 Å². The largest absolute Gasteiger partial charge is 0.459 e. The summed E-state index contributed by atoms with van der Waals surface area (Å²) in [5.41, 5.74) is -1.10. The first-order valence-corrected chi connectivity index (χ1v) is 4.89. The van der Waals surface area contributed by atoms with E-state index in [0.717, 1.165) is 5.76 Å². The van der Waals surface area contributed by atoms with E-state index in [4.69, 9.17) is 9.47 Å². The van der Waals surface area contributed by atoms with Crippen LogP contribution >= 0.6 is 0 Å². The highest BCUT2D eigenvalue weighted by molar-refractivity contribution is 6.01. The Morgan fingerprint density at radius 2 is 2.13 bits per heavy atom. The Balaban J connectivity index is 2.53. The van der Waals surface area contributed by atoms with Gasteiger partial charge in [-0.3, -0.25) is 9.59 Å². The molecule has 0 aliphatic carbocycles. The number of carbonyl (C=O) groups is 2. The molecule has 1 aliphatic rings. The second-order valence-electron chi connectivity index (χ2n) is 4.18. The van der Waals surface area contributed by atoms with E-state index in [1.165, 1.54) is 6.92 Å². The molecule has 15 heavy (non-hydrogen) atoms. The fourth-order valence-corrected chi connectivity index (χ4v) is 1.05. The maximum absolute atomic E-state index is 11.6. The third-order valence-electron chi connectivity index (χ3n) is 2.54. The fraction of sp³-hybridized carbons (Fsp3) is 0.636. The fourth-order valence-electron chi connectivity index (χ4n) is 1.05. The molecule has 1 atom stereocenters. The monoisotopic (exact) mass is 212 g/mol. The Morgan fingerprint density at radius 3 is 2.53 bits per heavy atom. The van der Waals surface area contributed by atoms with Crippen molar-refractivity contribution < 1.29 is 19.1 Å². The molecule has 0 saturated carbocycles. The molecular formula is C11H16O4. The molecule has 0 bridgehead atoms. The van der Waals surface area contributed by atoms with Crippen LogP contribution in [0.25, 0.3) is 0 Å². The number of allylic oxidation sites excluding steroid dienone is 1. The molecule has 1 heterocycles. The van der Waals surface area contributed by atoms with Crippen LogP contribution in [0.5, 0.6) is 0 Å². The van der Waals surface area contributed by atoms with E-state index in [-0.39, 0.29) is 5.78 Å². The van der Waals surface area contributed by atoms with Crippen LogP contribution in [0.15, 0.2) is 11.8 Å². The molecule has 1 unspecified atom stereocenters. The molecular weight excluding hydrogens is 196 g/mol. The number of ether oxygens (including phenoxy) is 2. The van der Waals surface area contributed by atoms with Crippen molar-refractivity contribution in [2.24, 2.45) is 5.41 Å². The summed E-state index contributed by atoms with van der Waals surface area (Å²) in [6.45, 7) is 6.27. The first-order chi connectivity index (χ1) is 6.84. The summed E-state index contributed by atoms with van der Waals surface area (Å²) in [5, 5.41) is 0. The van der Waals surface area contributed by atoms with Gasteiger partial charge in [-0.15, -0.1) is 0 Å². The van der Waals surface area contributed by atoms with Crippen molar-refractivity contribution in [3.8, 4) is 0 Å². The van der Waals surface area contributed by atoms with Crippen molar-refractivity contribution in [2.45, 2.75) is 40.4 Å². The molecule has 0 saturated heterocycles. The maximum atomic E-state index is 11.6. The Morgan fingerprint density at radius 1 is 1.53 bits per heavy atom. The molecule has 0 fully saturated rings. The topological polar surface area (TPSA) is 52.6 Å². The summed E-state index contributed by atoms with van der Waals surface area (Å²) in [4.78, 5) is 22.8. The van der Waals surface area contributed by atoms with Crippen LogP contribution in [0, 0.1) is 5.41 Å². The lowest BCUT2D eigenvalue weighted by atomic mass is 9.89. The standard InChI is InChI=1S/C11H16O4/c1-7-5-6-9(14-7)15-10(13)11(3,4)8(2)12/h5,9H,6H2,1-4H3. The number of Topliss-reactive ketones (excluding diaryl/α,β-unsaturated/α-hetero) is 1. The number of carbonyl (C=O) groups excluding carboxylic acids is 2. The number of hydrogen-bond donors (Lipinski definition) is 0. The predicted octanol–water partition coefficient (Wildman–Crippen LogP) is 1.79. The minimum Gasteiger partial charge on any atom is -0.459 e. The zero-order chi connectivity index (χ0) is 11.6. The van der Waals surface area contributed by atoms with Crippen LogP contribution in [0.2, 0.25) is 0 Å². The summed E-state index contributed by atoms with van der Waals surface area (Å²) < 4.78 is 10.3. The summed E-state index contributed by atoms with van der Waals surface area (Å²) in [6, 6.07) is 0. The molecule has 0 aromatic rings. The molecule has 0 aromatic heterocycles. The average molecular weight is 212 g/mol. The Bertz CT molecular complexity index is 315. The van der Waals surface area contributed by atoms with Gasteiger partial charge in [-0.1, -0.05) is 0 Å². The lowest BCUT2D eigenvalue weighted by Gasteiger charge is -2.22. The third-order valence-corrected chi connectivity index (χ3v) is 2.54. The molecule has 0 radical (unpaired) electrons. The lowest BCUT2D eigenvalue weighted by Crippen LogP contribution is -2.35. The maximum Gasteiger partial charge on any atom is 0.322 e. The zero-order valence-corrected chi connectivity index (χ0v) is 9.49. The van der Waals surface area contributed by atoms with E-state index < -0.39 is 17.7 Å². The van der Waals surface area contributed by atoms with Crippen LogP contribution in [0.4, 0.5) is 0 Å².